The second-order valence-electron chi connectivity index (χ2n) is 0.968. The molecule has 0 saturated carbocycles. The first-order chi connectivity index (χ1) is 3.81. The molecule has 0 heterocycles. The number of nitrogens with two attached hydrogens (primary N) is 1. The zero-order valence-corrected chi connectivity index (χ0v) is 5.29. The third-order valence-corrected chi connectivity index (χ3v) is 1.01. The van der Waals surface area contributed by atoms with Gasteiger partial charge in [-0.3, -0.25) is 4.57 Å². The highest BCUT2D eigenvalue weighted by atomic mass is 31.1. The summed E-state index contributed by atoms with van der Waals surface area (Å²) in [6.45, 7) is 3.53. The van der Waals surface area contributed by atoms with Gasteiger partial charge in [-0.15, -0.1) is 6.58 Å². The van der Waals surface area contributed by atoms with Gasteiger partial charge < -0.3 is 4.52 Å². The van der Waals surface area contributed by atoms with Crippen LogP contribution in [0.25, 0.3) is 0 Å². The largest absolute Gasteiger partial charge is 0.335 e. The Morgan fingerprint density at radius 3 is 2.88 bits per heavy atom. The first kappa shape index (κ1) is 7.85. The Morgan fingerprint density at radius 2 is 2.50 bits per heavy atom. The molecule has 0 amide bonds. The molecule has 0 aromatic carbocycles. The van der Waals surface area contributed by atoms with Crippen LogP contribution in [0.15, 0.2) is 12.7 Å². The molecule has 2 N–H and O–H groups in total. The van der Waals surface area contributed by atoms with Crippen molar-refractivity contribution in [2.24, 2.45) is 5.90 Å². The summed E-state index contributed by atoms with van der Waals surface area (Å²) in [6.07, 6.45) is 1.46. The SMILES string of the molecule is C=CCO[PH](=O)ON. The minimum atomic E-state index is -2.44. The summed E-state index contributed by atoms with van der Waals surface area (Å²) in [5.41, 5.74) is 0. The molecule has 8 heavy (non-hydrogen) atoms. The van der Waals surface area contributed by atoms with E-state index in [-0.39, 0.29) is 6.61 Å². The van der Waals surface area contributed by atoms with Gasteiger partial charge in [-0.2, -0.15) is 0 Å². The van der Waals surface area contributed by atoms with Crippen molar-refractivity contribution in [2.45, 2.75) is 0 Å². The molecule has 48 valence electrons. The maximum absolute atomic E-state index is 10.1. The molecular weight excluding hydrogens is 129 g/mol. The molecule has 0 radical (unpaired) electrons. The van der Waals surface area contributed by atoms with E-state index < -0.39 is 8.25 Å². The van der Waals surface area contributed by atoms with Gasteiger partial charge in [0, 0.05) is 0 Å². The Morgan fingerprint density at radius 1 is 1.88 bits per heavy atom. The Hall–Kier alpha value is -0.150. The first-order valence-electron chi connectivity index (χ1n) is 1.95. The van der Waals surface area contributed by atoms with Gasteiger partial charge in [0.2, 0.25) is 0 Å². The minimum Gasteiger partial charge on any atom is -0.306 e. The zero-order valence-electron chi connectivity index (χ0n) is 4.29. The van der Waals surface area contributed by atoms with Crippen LogP contribution in [0.4, 0.5) is 0 Å². The van der Waals surface area contributed by atoms with E-state index >= 15 is 0 Å². The van der Waals surface area contributed by atoms with E-state index in [0.717, 1.165) is 0 Å². The van der Waals surface area contributed by atoms with Gasteiger partial charge in [0.05, 0.1) is 6.61 Å². The minimum absolute atomic E-state index is 0.203. The molecule has 0 fully saturated rings. The molecule has 0 rings (SSSR count). The Kier molecular flexibility index (Phi) is 4.90. The summed E-state index contributed by atoms with van der Waals surface area (Å²) in [5.74, 6) is 4.49. The summed E-state index contributed by atoms with van der Waals surface area (Å²) < 4.78 is 18.4. The standard InChI is InChI=1S/C3H8NO3P/c1-2-3-6-8(5)7-4/h2,8H,1,3-4H2. The molecule has 0 spiro atoms. The molecule has 4 nitrogen and oxygen atoms in total. The van der Waals surface area contributed by atoms with Crippen LogP contribution < -0.4 is 5.90 Å². The van der Waals surface area contributed by atoms with Crippen LogP contribution in [-0.2, 0) is 13.7 Å². The average Bonchev–Trinajstić information content (AvgIpc) is 1.83. The smallest absolute Gasteiger partial charge is 0.306 e. The van der Waals surface area contributed by atoms with Crippen LogP contribution in [0.1, 0.15) is 0 Å². The van der Waals surface area contributed by atoms with Gasteiger partial charge in [0.25, 0.3) is 0 Å². The highest BCUT2D eigenvalue weighted by molar-refractivity contribution is 7.33. The fourth-order valence-corrected chi connectivity index (χ4v) is 0.483. The lowest BCUT2D eigenvalue weighted by molar-refractivity contribution is 0.247. The molecular formula is C3H8NO3P. The van der Waals surface area contributed by atoms with E-state index in [1.807, 2.05) is 0 Å². The molecule has 0 bridgehead atoms. The van der Waals surface area contributed by atoms with E-state index in [1.54, 1.807) is 0 Å². The van der Waals surface area contributed by atoms with Crippen LogP contribution in [0.5, 0.6) is 0 Å². The molecule has 1 unspecified atom stereocenters. The molecule has 0 aliphatic carbocycles. The molecule has 0 aromatic heterocycles. The van der Waals surface area contributed by atoms with Crippen molar-refractivity contribution in [1.29, 1.82) is 0 Å². The third kappa shape index (κ3) is 4.02. The first-order valence-corrected chi connectivity index (χ1v) is 3.18. The lowest BCUT2D eigenvalue weighted by Crippen LogP contribution is -1.90. The van der Waals surface area contributed by atoms with Crippen LogP contribution in [0.3, 0.4) is 0 Å². The summed E-state index contributed by atoms with van der Waals surface area (Å²) in [5, 5.41) is 0. The molecule has 0 aromatic rings. The number of hydrogen-bond acceptors (Lipinski definition) is 4. The van der Waals surface area contributed by atoms with Crippen molar-refractivity contribution in [3.63, 3.8) is 0 Å². The maximum atomic E-state index is 10.1. The van der Waals surface area contributed by atoms with Gasteiger partial charge in [0.15, 0.2) is 0 Å². The summed E-state index contributed by atoms with van der Waals surface area (Å²) in [4.78, 5) is 0. The Balaban J connectivity index is 3.11. The van der Waals surface area contributed by atoms with Crippen molar-refractivity contribution in [3.8, 4) is 0 Å². The average molecular weight is 137 g/mol. The van der Waals surface area contributed by atoms with Crippen LogP contribution in [0, 0.1) is 0 Å². The van der Waals surface area contributed by atoms with Crippen molar-refractivity contribution in [1.82, 2.24) is 0 Å². The highest BCUT2D eigenvalue weighted by Gasteiger charge is 1.90. The third-order valence-electron chi connectivity index (χ3n) is 0.415. The van der Waals surface area contributed by atoms with Crippen molar-refractivity contribution < 1.29 is 13.7 Å². The van der Waals surface area contributed by atoms with E-state index in [2.05, 4.69) is 21.6 Å². The number of hydrogen-bond donors (Lipinski definition) is 1. The van der Waals surface area contributed by atoms with Gasteiger partial charge >= 0.3 is 8.25 Å². The van der Waals surface area contributed by atoms with E-state index in [4.69, 9.17) is 0 Å². The maximum Gasteiger partial charge on any atom is 0.335 e. The van der Waals surface area contributed by atoms with Crippen LogP contribution in [-0.4, -0.2) is 6.61 Å². The van der Waals surface area contributed by atoms with Gasteiger partial charge in [-0.1, -0.05) is 6.08 Å². The van der Waals surface area contributed by atoms with Gasteiger partial charge in [-0.25, -0.2) is 10.5 Å². The molecule has 0 aliphatic heterocycles. The lowest BCUT2D eigenvalue weighted by atomic mass is 10.7. The fourth-order valence-electron chi connectivity index (χ4n) is 0.161. The van der Waals surface area contributed by atoms with E-state index in [1.165, 1.54) is 6.08 Å². The normalized spacial score (nSPS) is 13.1. The number of rotatable bonds is 4. The quantitative estimate of drug-likeness (QED) is 0.347. The monoisotopic (exact) mass is 137 g/mol. The predicted octanol–water partition coefficient (Wildman–Crippen LogP) is 0.469. The Labute approximate surface area is 48.2 Å². The van der Waals surface area contributed by atoms with Crippen LogP contribution >= 0.6 is 8.25 Å². The fraction of sp³-hybridized carbons (Fsp3) is 0.333. The van der Waals surface area contributed by atoms with Crippen LogP contribution in [0.2, 0.25) is 0 Å². The van der Waals surface area contributed by atoms with Crippen molar-refractivity contribution >= 4 is 8.25 Å². The van der Waals surface area contributed by atoms with Crippen molar-refractivity contribution in [2.75, 3.05) is 6.61 Å². The molecule has 0 saturated heterocycles. The lowest BCUT2D eigenvalue weighted by Gasteiger charge is -1.94. The van der Waals surface area contributed by atoms with E-state index in [9.17, 15) is 4.57 Å². The van der Waals surface area contributed by atoms with Gasteiger partial charge in [0.1, 0.15) is 0 Å². The second kappa shape index (κ2) is 5.00. The highest BCUT2D eigenvalue weighted by Crippen LogP contribution is 2.18. The zero-order chi connectivity index (χ0) is 6.41. The molecule has 0 aliphatic rings. The second-order valence-corrected chi connectivity index (χ2v) is 1.99. The topological polar surface area (TPSA) is 61.5 Å². The van der Waals surface area contributed by atoms with E-state index in [0.29, 0.717) is 0 Å². The summed E-state index contributed by atoms with van der Waals surface area (Å²) in [6, 6.07) is 0. The molecule has 5 heteroatoms. The summed E-state index contributed by atoms with van der Waals surface area (Å²) in [7, 11) is -2.44. The Bertz CT molecular complexity index is 94.5. The molecule has 1 atom stereocenters. The van der Waals surface area contributed by atoms with Crippen molar-refractivity contribution in [3.05, 3.63) is 12.7 Å². The van der Waals surface area contributed by atoms with Gasteiger partial charge in [-0.05, 0) is 0 Å². The summed E-state index contributed by atoms with van der Waals surface area (Å²) >= 11 is 0. The predicted molar refractivity (Wildman–Crippen MR) is 30.4 cm³/mol.